The molecular formula is C14H20BNO4. The van der Waals surface area contributed by atoms with Crippen molar-refractivity contribution in [2.45, 2.75) is 38.9 Å². The highest BCUT2D eigenvalue weighted by Gasteiger charge is 2.51. The molecule has 0 bridgehead atoms. The molecule has 6 heteroatoms. The first-order chi connectivity index (χ1) is 9.16. The van der Waals surface area contributed by atoms with Crippen LogP contribution in [0.5, 0.6) is 0 Å². The van der Waals surface area contributed by atoms with E-state index in [1.807, 2.05) is 33.8 Å². The molecule has 0 saturated carbocycles. The van der Waals surface area contributed by atoms with Gasteiger partial charge in [0.05, 0.1) is 16.8 Å². The quantitative estimate of drug-likeness (QED) is 0.823. The van der Waals surface area contributed by atoms with Crippen LogP contribution in [0.2, 0.25) is 0 Å². The molecule has 1 aromatic carbocycles. The molecule has 0 radical (unpaired) electrons. The predicted molar refractivity (Wildman–Crippen MR) is 78.7 cm³/mol. The van der Waals surface area contributed by atoms with Crippen molar-refractivity contribution < 1.29 is 19.2 Å². The van der Waals surface area contributed by atoms with E-state index in [0.717, 1.165) is 5.69 Å². The lowest BCUT2D eigenvalue weighted by Crippen LogP contribution is -2.41. The fraction of sp³-hybridized carbons (Fsp3) is 0.500. The van der Waals surface area contributed by atoms with Crippen molar-refractivity contribution >= 4 is 24.2 Å². The van der Waals surface area contributed by atoms with E-state index in [9.17, 15) is 4.79 Å². The van der Waals surface area contributed by atoms with Gasteiger partial charge in [-0.2, -0.15) is 0 Å². The lowest BCUT2D eigenvalue weighted by molar-refractivity contribution is 0.00578. The molecule has 1 aromatic rings. The normalized spacial score (nSPS) is 19.9. The molecule has 20 heavy (non-hydrogen) atoms. The van der Waals surface area contributed by atoms with Gasteiger partial charge in [0.25, 0.3) is 0 Å². The van der Waals surface area contributed by atoms with Crippen molar-refractivity contribution in [2.24, 2.45) is 0 Å². The number of carbonyl (C=O) groups is 1. The van der Waals surface area contributed by atoms with Gasteiger partial charge in [0, 0.05) is 12.7 Å². The molecule has 108 valence electrons. The van der Waals surface area contributed by atoms with Gasteiger partial charge >= 0.3 is 13.1 Å². The van der Waals surface area contributed by atoms with Gasteiger partial charge in [-0.1, -0.05) is 0 Å². The summed E-state index contributed by atoms with van der Waals surface area (Å²) in [6.07, 6.45) is 0. The maximum atomic E-state index is 11.2. The van der Waals surface area contributed by atoms with Crippen molar-refractivity contribution in [3.8, 4) is 0 Å². The van der Waals surface area contributed by atoms with Gasteiger partial charge in [-0.25, -0.2) is 4.79 Å². The summed E-state index contributed by atoms with van der Waals surface area (Å²) < 4.78 is 11.9. The summed E-state index contributed by atoms with van der Waals surface area (Å²) in [6, 6.07) is 5.01. The zero-order valence-corrected chi connectivity index (χ0v) is 12.5. The minimum absolute atomic E-state index is 0.210. The number of nitrogens with one attached hydrogen (secondary N) is 1. The first kappa shape index (κ1) is 14.9. The Kier molecular flexibility index (Phi) is 3.56. The highest BCUT2D eigenvalue weighted by atomic mass is 16.7. The Hall–Kier alpha value is -1.53. The summed E-state index contributed by atoms with van der Waals surface area (Å²) in [5.74, 6) is -0.972. The van der Waals surface area contributed by atoms with Crippen LogP contribution in [0.25, 0.3) is 0 Å². The average Bonchev–Trinajstić information content (AvgIpc) is 2.58. The number of carboxylic acid groups (broad SMARTS) is 1. The summed E-state index contributed by atoms with van der Waals surface area (Å²) in [6.45, 7) is 7.86. The molecule has 2 rings (SSSR count). The fourth-order valence-electron chi connectivity index (χ4n) is 2.03. The number of benzene rings is 1. The second-order valence-corrected chi connectivity index (χ2v) is 5.99. The second-order valence-electron chi connectivity index (χ2n) is 5.99. The van der Waals surface area contributed by atoms with E-state index in [0.29, 0.717) is 5.46 Å². The monoisotopic (exact) mass is 277 g/mol. The summed E-state index contributed by atoms with van der Waals surface area (Å²) in [5, 5.41) is 12.1. The Morgan fingerprint density at radius 1 is 1.15 bits per heavy atom. The molecule has 0 spiro atoms. The zero-order valence-electron chi connectivity index (χ0n) is 12.5. The average molecular weight is 277 g/mol. The van der Waals surface area contributed by atoms with Crippen LogP contribution in [-0.4, -0.2) is 36.4 Å². The van der Waals surface area contributed by atoms with Crippen LogP contribution in [0.15, 0.2) is 18.2 Å². The second kappa shape index (κ2) is 4.79. The van der Waals surface area contributed by atoms with E-state index in [4.69, 9.17) is 14.4 Å². The number of rotatable bonds is 3. The molecule has 0 atom stereocenters. The van der Waals surface area contributed by atoms with Crippen LogP contribution in [0, 0.1) is 0 Å². The topological polar surface area (TPSA) is 67.8 Å². The molecule has 0 aliphatic carbocycles. The molecule has 0 unspecified atom stereocenters. The Bertz CT molecular complexity index is 526. The van der Waals surface area contributed by atoms with Crippen LogP contribution in [0.3, 0.4) is 0 Å². The van der Waals surface area contributed by atoms with Crippen molar-refractivity contribution in [3.05, 3.63) is 23.8 Å². The van der Waals surface area contributed by atoms with Crippen molar-refractivity contribution in [1.29, 1.82) is 0 Å². The van der Waals surface area contributed by atoms with Crippen LogP contribution >= 0.6 is 0 Å². The van der Waals surface area contributed by atoms with E-state index in [-0.39, 0.29) is 5.56 Å². The summed E-state index contributed by atoms with van der Waals surface area (Å²) in [5.41, 5.74) is 0.733. The molecular weight excluding hydrogens is 257 g/mol. The molecule has 1 heterocycles. The van der Waals surface area contributed by atoms with Gasteiger partial charge in [-0.15, -0.1) is 0 Å². The van der Waals surface area contributed by atoms with Crippen molar-refractivity contribution in [3.63, 3.8) is 0 Å². The van der Waals surface area contributed by atoms with E-state index < -0.39 is 24.3 Å². The van der Waals surface area contributed by atoms with E-state index >= 15 is 0 Å². The third kappa shape index (κ3) is 2.53. The van der Waals surface area contributed by atoms with Crippen LogP contribution < -0.4 is 10.8 Å². The predicted octanol–water partition coefficient (Wildman–Crippen LogP) is 1.73. The SMILES string of the molecule is CNc1cc(B2OC(C)(C)C(C)(C)O2)cc(C(=O)O)c1. The molecule has 0 amide bonds. The minimum atomic E-state index is -0.972. The van der Waals surface area contributed by atoms with E-state index in [1.54, 1.807) is 19.2 Å². The number of anilines is 1. The van der Waals surface area contributed by atoms with Gasteiger partial charge in [-0.05, 0) is 51.4 Å². The summed E-state index contributed by atoms with van der Waals surface area (Å²) >= 11 is 0. The number of carboxylic acids is 1. The van der Waals surface area contributed by atoms with Gasteiger partial charge in [0.1, 0.15) is 0 Å². The molecule has 0 aromatic heterocycles. The highest BCUT2D eigenvalue weighted by molar-refractivity contribution is 6.62. The Labute approximate surface area is 119 Å². The first-order valence-electron chi connectivity index (χ1n) is 6.58. The van der Waals surface area contributed by atoms with Gasteiger partial charge in [-0.3, -0.25) is 0 Å². The Morgan fingerprint density at radius 3 is 2.15 bits per heavy atom. The molecule has 2 N–H and O–H groups in total. The maximum Gasteiger partial charge on any atom is 0.494 e. The first-order valence-corrected chi connectivity index (χ1v) is 6.58. The number of hydrogen-bond donors (Lipinski definition) is 2. The van der Waals surface area contributed by atoms with Crippen LogP contribution in [-0.2, 0) is 9.31 Å². The van der Waals surface area contributed by atoms with Gasteiger partial charge in [0.2, 0.25) is 0 Å². The molecule has 1 fully saturated rings. The zero-order chi connectivity index (χ0) is 15.1. The number of hydrogen-bond acceptors (Lipinski definition) is 4. The maximum absolute atomic E-state index is 11.2. The Balaban J connectivity index is 2.39. The molecule has 1 aliphatic rings. The van der Waals surface area contributed by atoms with Gasteiger partial charge < -0.3 is 19.7 Å². The van der Waals surface area contributed by atoms with Crippen molar-refractivity contribution in [2.75, 3.05) is 12.4 Å². The van der Waals surface area contributed by atoms with Crippen molar-refractivity contribution in [1.82, 2.24) is 0 Å². The minimum Gasteiger partial charge on any atom is -0.478 e. The molecule has 1 aliphatic heterocycles. The summed E-state index contributed by atoms with van der Waals surface area (Å²) in [7, 11) is 1.18. The van der Waals surface area contributed by atoms with Gasteiger partial charge in [0.15, 0.2) is 0 Å². The molecule has 5 nitrogen and oxygen atoms in total. The largest absolute Gasteiger partial charge is 0.494 e. The lowest BCUT2D eigenvalue weighted by atomic mass is 9.78. The third-order valence-corrected chi connectivity index (χ3v) is 4.02. The highest BCUT2D eigenvalue weighted by Crippen LogP contribution is 2.36. The molecule has 1 saturated heterocycles. The lowest BCUT2D eigenvalue weighted by Gasteiger charge is -2.32. The van der Waals surface area contributed by atoms with E-state index in [1.165, 1.54) is 0 Å². The smallest absolute Gasteiger partial charge is 0.478 e. The van der Waals surface area contributed by atoms with Crippen LogP contribution in [0.1, 0.15) is 38.1 Å². The Morgan fingerprint density at radius 2 is 1.70 bits per heavy atom. The fourth-order valence-corrected chi connectivity index (χ4v) is 2.03. The third-order valence-electron chi connectivity index (χ3n) is 4.02. The van der Waals surface area contributed by atoms with E-state index in [2.05, 4.69) is 5.32 Å². The number of aromatic carboxylic acids is 1. The standard InChI is InChI=1S/C14H20BNO4/c1-13(2)14(3,4)20-15(19-13)10-6-9(12(17)18)7-11(8-10)16-5/h6-8,16H,1-5H3,(H,17,18). The van der Waals surface area contributed by atoms with Crippen LogP contribution in [0.4, 0.5) is 5.69 Å². The summed E-state index contributed by atoms with van der Waals surface area (Å²) in [4.78, 5) is 11.2.